The molecule has 1 amide bonds. The highest BCUT2D eigenvalue weighted by atomic mass is 32.1. The molecule has 4 heteroatoms. The highest BCUT2D eigenvalue weighted by molar-refractivity contribution is 7.22. The highest BCUT2D eigenvalue weighted by Gasteiger charge is 2.16. The first kappa shape index (κ1) is 17.2. The minimum absolute atomic E-state index is 0.0643. The molecule has 27 heavy (non-hydrogen) atoms. The maximum Gasteiger partial charge on any atom is 0.229 e. The van der Waals surface area contributed by atoms with Crippen molar-refractivity contribution in [3.63, 3.8) is 0 Å². The van der Waals surface area contributed by atoms with E-state index in [0.29, 0.717) is 16.0 Å². The standard InChI is InChI=1S/C23H17NO2S/c25-20(15-16-9-3-1-4-10-16)24-23-21(17-11-5-2-6-12-17)22(26)18-13-7-8-14-19(18)27-23/h1-14H,15H2,(H,24,25). The zero-order valence-electron chi connectivity index (χ0n) is 14.5. The van der Waals surface area contributed by atoms with Crippen LogP contribution in [0.3, 0.4) is 0 Å². The molecule has 0 aliphatic heterocycles. The van der Waals surface area contributed by atoms with Crippen LogP contribution in [0.25, 0.3) is 21.2 Å². The van der Waals surface area contributed by atoms with Crippen molar-refractivity contribution in [1.82, 2.24) is 0 Å². The van der Waals surface area contributed by atoms with Crippen LogP contribution in [0.4, 0.5) is 5.00 Å². The summed E-state index contributed by atoms with van der Waals surface area (Å²) in [6.45, 7) is 0. The van der Waals surface area contributed by atoms with E-state index in [1.807, 2.05) is 84.9 Å². The van der Waals surface area contributed by atoms with E-state index < -0.39 is 0 Å². The van der Waals surface area contributed by atoms with Crippen LogP contribution in [0.1, 0.15) is 5.56 Å². The number of carbonyl (C=O) groups excluding carboxylic acids is 1. The normalized spacial score (nSPS) is 10.7. The summed E-state index contributed by atoms with van der Waals surface area (Å²) in [5.41, 5.74) is 2.22. The molecule has 0 fully saturated rings. The molecule has 1 aromatic heterocycles. The van der Waals surface area contributed by atoms with E-state index in [4.69, 9.17) is 0 Å². The number of hydrogen-bond donors (Lipinski definition) is 1. The summed E-state index contributed by atoms with van der Waals surface area (Å²) >= 11 is 1.43. The lowest BCUT2D eigenvalue weighted by Crippen LogP contribution is -2.17. The van der Waals surface area contributed by atoms with Gasteiger partial charge < -0.3 is 5.32 Å². The molecule has 0 radical (unpaired) electrons. The van der Waals surface area contributed by atoms with Crippen LogP contribution in [-0.4, -0.2) is 5.91 Å². The summed E-state index contributed by atoms with van der Waals surface area (Å²) in [5.74, 6) is -0.135. The van der Waals surface area contributed by atoms with Gasteiger partial charge in [0, 0.05) is 10.1 Å². The molecular formula is C23H17NO2S. The third-order valence-corrected chi connectivity index (χ3v) is 5.41. The Morgan fingerprint density at radius 2 is 1.44 bits per heavy atom. The van der Waals surface area contributed by atoms with E-state index >= 15 is 0 Å². The minimum Gasteiger partial charge on any atom is -0.317 e. The summed E-state index contributed by atoms with van der Waals surface area (Å²) < 4.78 is 0.859. The van der Waals surface area contributed by atoms with Crippen LogP contribution in [0.5, 0.6) is 0 Å². The Morgan fingerprint density at radius 3 is 2.19 bits per heavy atom. The molecular weight excluding hydrogens is 354 g/mol. The van der Waals surface area contributed by atoms with Crippen molar-refractivity contribution in [3.8, 4) is 11.1 Å². The fourth-order valence-electron chi connectivity index (χ4n) is 3.05. The lowest BCUT2D eigenvalue weighted by molar-refractivity contribution is -0.115. The van der Waals surface area contributed by atoms with Crippen LogP contribution in [0.15, 0.2) is 89.7 Å². The number of hydrogen-bond acceptors (Lipinski definition) is 3. The van der Waals surface area contributed by atoms with Crippen LogP contribution in [0, 0.1) is 0 Å². The fourth-order valence-corrected chi connectivity index (χ4v) is 4.16. The smallest absolute Gasteiger partial charge is 0.229 e. The van der Waals surface area contributed by atoms with Crippen LogP contribution in [-0.2, 0) is 11.2 Å². The number of amides is 1. The van der Waals surface area contributed by atoms with Gasteiger partial charge in [-0.2, -0.15) is 0 Å². The second-order valence-electron chi connectivity index (χ2n) is 6.21. The Balaban J connectivity index is 1.79. The zero-order valence-corrected chi connectivity index (χ0v) is 15.3. The van der Waals surface area contributed by atoms with Crippen LogP contribution in [0.2, 0.25) is 0 Å². The largest absolute Gasteiger partial charge is 0.317 e. The van der Waals surface area contributed by atoms with Gasteiger partial charge in [0.1, 0.15) is 5.00 Å². The van der Waals surface area contributed by atoms with Gasteiger partial charge in [-0.15, -0.1) is 11.3 Å². The third-order valence-electron chi connectivity index (χ3n) is 4.32. The Bertz CT molecular complexity index is 1150. The summed E-state index contributed by atoms with van der Waals surface area (Å²) in [7, 11) is 0. The predicted octanol–water partition coefficient (Wildman–Crippen LogP) is 5.11. The number of rotatable bonds is 4. The maximum atomic E-state index is 13.1. The van der Waals surface area contributed by atoms with Crippen LogP contribution >= 0.6 is 11.3 Å². The molecule has 0 atom stereocenters. The second-order valence-corrected chi connectivity index (χ2v) is 7.26. The number of anilines is 1. The van der Waals surface area contributed by atoms with E-state index in [1.165, 1.54) is 11.3 Å². The quantitative estimate of drug-likeness (QED) is 0.542. The fraction of sp³-hybridized carbons (Fsp3) is 0.0435. The Kier molecular flexibility index (Phi) is 4.81. The lowest BCUT2D eigenvalue weighted by Gasteiger charge is -2.12. The van der Waals surface area contributed by atoms with Gasteiger partial charge in [-0.3, -0.25) is 9.59 Å². The molecule has 4 aromatic rings. The van der Waals surface area contributed by atoms with E-state index in [2.05, 4.69) is 5.32 Å². The van der Waals surface area contributed by atoms with Gasteiger partial charge in [-0.25, -0.2) is 0 Å². The van der Waals surface area contributed by atoms with Gasteiger partial charge in [0.05, 0.1) is 12.0 Å². The molecule has 0 aliphatic rings. The van der Waals surface area contributed by atoms with Gasteiger partial charge >= 0.3 is 0 Å². The second kappa shape index (κ2) is 7.56. The van der Waals surface area contributed by atoms with E-state index in [-0.39, 0.29) is 17.8 Å². The van der Waals surface area contributed by atoms with E-state index in [9.17, 15) is 9.59 Å². The number of nitrogens with one attached hydrogen (secondary N) is 1. The van der Waals surface area contributed by atoms with Gasteiger partial charge in [0.2, 0.25) is 5.91 Å². The number of benzene rings is 3. The maximum absolute atomic E-state index is 13.1. The Labute approximate surface area is 160 Å². The molecule has 0 saturated heterocycles. The first-order valence-corrected chi connectivity index (χ1v) is 9.49. The van der Waals surface area contributed by atoms with Crippen molar-refractivity contribution in [2.45, 2.75) is 6.42 Å². The topological polar surface area (TPSA) is 46.2 Å². The molecule has 1 N–H and O–H groups in total. The first-order chi connectivity index (χ1) is 13.2. The monoisotopic (exact) mass is 371 g/mol. The summed E-state index contributed by atoms with van der Waals surface area (Å²) in [4.78, 5) is 25.8. The molecule has 132 valence electrons. The predicted molar refractivity (Wildman–Crippen MR) is 112 cm³/mol. The lowest BCUT2D eigenvalue weighted by atomic mass is 10.1. The van der Waals surface area contributed by atoms with Gasteiger partial charge in [-0.05, 0) is 23.3 Å². The summed E-state index contributed by atoms with van der Waals surface area (Å²) in [5, 5.41) is 4.23. The Morgan fingerprint density at radius 1 is 0.815 bits per heavy atom. The molecule has 0 saturated carbocycles. The van der Waals surface area contributed by atoms with Gasteiger partial charge in [0.15, 0.2) is 5.43 Å². The summed E-state index contributed by atoms with van der Waals surface area (Å²) in [6, 6.07) is 26.6. The summed E-state index contributed by atoms with van der Waals surface area (Å²) in [6.07, 6.45) is 0.267. The molecule has 0 unspecified atom stereocenters. The number of fused-ring (bicyclic) bond motifs is 1. The molecule has 4 rings (SSSR count). The van der Waals surface area contributed by atoms with Crippen molar-refractivity contribution in [1.29, 1.82) is 0 Å². The van der Waals surface area contributed by atoms with Crippen molar-refractivity contribution in [3.05, 3.63) is 101 Å². The molecule has 0 bridgehead atoms. The zero-order chi connectivity index (χ0) is 18.6. The third kappa shape index (κ3) is 3.66. The van der Waals surface area contributed by atoms with Crippen molar-refractivity contribution < 1.29 is 4.79 Å². The molecule has 1 heterocycles. The minimum atomic E-state index is -0.135. The van der Waals surface area contributed by atoms with Gasteiger partial charge in [0.25, 0.3) is 0 Å². The molecule has 0 spiro atoms. The first-order valence-electron chi connectivity index (χ1n) is 8.67. The highest BCUT2D eigenvalue weighted by Crippen LogP contribution is 2.33. The van der Waals surface area contributed by atoms with E-state index in [1.54, 1.807) is 0 Å². The SMILES string of the molecule is O=C(Cc1ccccc1)Nc1sc2ccccc2c(=O)c1-c1ccccc1. The molecule has 3 aromatic carbocycles. The van der Waals surface area contributed by atoms with Gasteiger partial charge in [-0.1, -0.05) is 72.8 Å². The molecule has 0 aliphatic carbocycles. The average molecular weight is 371 g/mol. The van der Waals surface area contributed by atoms with Crippen LogP contribution < -0.4 is 10.7 Å². The van der Waals surface area contributed by atoms with E-state index in [0.717, 1.165) is 15.8 Å². The average Bonchev–Trinajstić information content (AvgIpc) is 2.69. The molecule has 3 nitrogen and oxygen atoms in total. The van der Waals surface area contributed by atoms with Crippen molar-refractivity contribution in [2.75, 3.05) is 5.32 Å². The number of carbonyl (C=O) groups is 1. The van der Waals surface area contributed by atoms with Crippen molar-refractivity contribution in [2.24, 2.45) is 0 Å². The van der Waals surface area contributed by atoms with Crippen molar-refractivity contribution >= 4 is 32.3 Å². The Hall–Kier alpha value is -3.24.